The normalized spacial score (nSPS) is 11.2. The Morgan fingerprint density at radius 1 is 1.13 bits per heavy atom. The van der Waals surface area contributed by atoms with Crippen molar-refractivity contribution in [3.8, 4) is 17.0 Å². The van der Waals surface area contributed by atoms with Gasteiger partial charge < -0.3 is 10.1 Å². The molecule has 2 aromatic carbocycles. The molecule has 30 heavy (non-hydrogen) atoms. The Bertz CT molecular complexity index is 1140. The number of thiazole rings is 1. The fourth-order valence-electron chi connectivity index (χ4n) is 3.31. The molecule has 4 aromatic rings. The van der Waals surface area contributed by atoms with Crippen LogP contribution in [0.4, 0.5) is 5.69 Å². The van der Waals surface area contributed by atoms with Crippen LogP contribution in [-0.2, 0) is 11.2 Å². The van der Waals surface area contributed by atoms with E-state index in [9.17, 15) is 4.79 Å². The van der Waals surface area contributed by atoms with Crippen LogP contribution in [0.3, 0.4) is 0 Å². The van der Waals surface area contributed by atoms with Gasteiger partial charge in [0.25, 0.3) is 0 Å². The standard InChI is InChI=1S/C24H25N3O2S/c1-4-29-21-11-7-18(8-12-21)22-14-27-20(15-30-24(27)26-22)13-23(28)25-19-9-5-17(6-10-19)16(2)3/h5-12,14-16H,4,13H2,1-3H3,(H,25,28). The molecule has 0 unspecified atom stereocenters. The molecule has 0 fully saturated rings. The van der Waals surface area contributed by atoms with Crippen LogP contribution in [0.2, 0.25) is 0 Å². The molecule has 0 radical (unpaired) electrons. The van der Waals surface area contributed by atoms with Crippen LogP contribution in [-0.4, -0.2) is 21.9 Å². The van der Waals surface area contributed by atoms with Crippen LogP contribution in [0.25, 0.3) is 16.2 Å². The number of hydrogen-bond donors (Lipinski definition) is 1. The molecule has 0 atom stereocenters. The van der Waals surface area contributed by atoms with Gasteiger partial charge in [-0.2, -0.15) is 0 Å². The van der Waals surface area contributed by atoms with E-state index in [0.29, 0.717) is 18.9 Å². The van der Waals surface area contributed by atoms with E-state index in [4.69, 9.17) is 9.72 Å². The molecule has 2 heterocycles. The van der Waals surface area contributed by atoms with Gasteiger partial charge in [0.15, 0.2) is 4.96 Å². The summed E-state index contributed by atoms with van der Waals surface area (Å²) in [5.74, 6) is 1.28. The number of fused-ring (bicyclic) bond motifs is 1. The second-order valence-electron chi connectivity index (χ2n) is 7.46. The molecule has 1 amide bonds. The van der Waals surface area contributed by atoms with Gasteiger partial charge in [-0.25, -0.2) is 4.98 Å². The van der Waals surface area contributed by atoms with Crippen LogP contribution in [0.1, 0.15) is 37.9 Å². The van der Waals surface area contributed by atoms with Crippen molar-refractivity contribution in [2.45, 2.75) is 33.1 Å². The summed E-state index contributed by atoms with van der Waals surface area (Å²) in [6.07, 6.45) is 2.28. The van der Waals surface area contributed by atoms with Gasteiger partial charge in [-0.05, 0) is 54.8 Å². The number of anilines is 1. The number of hydrogen-bond acceptors (Lipinski definition) is 4. The summed E-state index contributed by atoms with van der Waals surface area (Å²) in [4.78, 5) is 18.1. The minimum Gasteiger partial charge on any atom is -0.494 e. The molecule has 6 heteroatoms. The molecule has 0 bridgehead atoms. The van der Waals surface area contributed by atoms with E-state index in [1.54, 1.807) is 11.3 Å². The first-order valence-corrected chi connectivity index (χ1v) is 11.0. The maximum absolute atomic E-state index is 12.6. The Hall–Kier alpha value is -3.12. The third kappa shape index (κ3) is 4.39. The molecule has 5 nitrogen and oxygen atoms in total. The first-order chi connectivity index (χ1) is 14.5. The van der Waals surface area contributed by atoms with Gasteiger partial charge in [0.2, 0.25) is 5.91 Å². The second-order valence-corrected chi connectivity index (χ2v) is 8.30. The molecule has 2 aromatic heterocycles. The zero-order valence-corrected chi connectivity index (χ0v) is 18.2. The van der Waals surface area contributed by atoms with Gasteiger partial charge >= 0.3 is 0 Å². The van der Waals surface area contributed by atoms with Crippen LogP contribution < -0.4 is 10.1 Å². The van der Waals surface area contributed by atoms with Crippen molar-refractivity contribution >= 4 is 27.9 Å². The number of carbonyl (C=O) groups excluding carboxylic acids is 1. The first-order valence-electron chi connectivity index (χ1n) is 10.1. The van der Waals surface area contributed by atoms with Gasteiger partial charge in [-0.1, -0.05) is 26.0 Å². The molecule has 0 aliphatic heterocycles. The summed E-state index contributed by atoms with van der Waals surface area (Å²) in [5.41, 5.74) is 4.91. The molecule has 0 saturated carbocycles. The first kappa shape index (κ1) is 20.2. The summed E-state index contributed by atoms with van der Waals surface area (Å²) in [5, 5.41) is 4.98. The van der Waals surface area contributed by atoms with Gasteiger partial charge in [0.05, 0.1) is 18.7 Å². The largest absolute Gasteiger partial charge is 0.494 e. The number of benzene rings is 2. The highest BCUT2D eigenvalue weighted by molar-refractivity contribution is 7.15. The highest BCUT2D eigenvalue weighted by Gasteiger charge is 2.13. The third-order valence-corrected chi connectivity index (χ3v) is 5.84. The van der Waals surface area contributed by atoms with Crippen molar-refractivity contribution < 1.29 is 9.53 Å². The lowest BCUT2D eigenvalue weighted by Crippen LogP contribution is -2.15. The molecule has 0 spiro atoms. The van der Waals surface area contributed by atoms with Crippen LogP contribution in [0.5, 0.6) is 5.75 Å². The Balaban J connectivity index is 1.47. The molecule has 154 valence electrons. The van der Waals surface area contributed by atoms with E-state index >= 15 is 0 Å². The van der Waals surface area contributed by atoms with Gasteiger partial charge in [0.1, 0.15) is 5.75 Å². The molecule has 1 N–H and O–H groups in total. The fraction of sp³-hybridized carbons (Fsp3) is 0.250. The summed E-state index contributed by atoms with van der Waals surface area (Å²) < 4.78 is 7.50. The number of nitrogens with zero attached hydrogens (tertiary/aromatic N) is 2. The predicted octanol–water partition coefficient (Wildman–Crippen LogP) is 5.77. The highest BCUT2D eigenvalue weighted by atomic mass is 32.1. The number of ether oxygens (including phenoxy) is 1. The zero-order valence-electron chi connectivity index (χ0n) is 17.4. The molecule has 0 aliphatic rings. The van der Waals surface area contributed by atoms with Gasteiger partial charge in [0, 0.05) is 28.5 Å². The van der Waals surface area contributed by atoms with Crippen molar-refractivity contribution in [1.82, 2.24) is 9.38 Å². The number of carbonyl (C=O) groups is 1. The lowest BCUT2D eigenvalue weighted by Gasteiger charge is -2.08. The lowest BCUT2D eigenvalue weighted by molar-refractivity contribution is -0.115. The topological polar surface area (TPSA) is 55.6 Å². The van der Waals surface area contributed by atoms with E-state index in [2.05, 4.69) is 31.3 Å². The molecular formula is C24H25N3O2S. The van der Waals surface area contributed by atoms with Crippen molar-refractivity contribution in [3.63, 3.8) is 0 Å². The van der Waals surface area contributed by atoms with Crippen molar-refractivity contribution in [2.75, 3.05) is 11.9 Å². The molecular weight excluding hydrogens is 394 g/mol. The maximum atomic E-state index is 12.6. The van der Waals surface area contributed by atoms with Crippen molar-refractivity contribution in [2.24, 2.45) is 0 Å². The average Bonchev–Trinajstić information content (AvgIpc) is 3.31. The van der Waals surface area contributed by atoms with Gasteiger partial charge in [-0.3, -0.25) is 9.20 Å². The minimum atomic E-state index is -0.0386. The smallest absolute Gasteiger partial charge is 0.230 e. The SMILES string of the molecule is CCOc1ccc(-c2cn3c(CC(=O)Nc4ccc(C(C)C)cc4)csc3n2)cc1. The van der Waals surface area contributed by atoms with E-state index < -0.39 is 0 Å². The summed E-state index contributed by atoms with van der Waals surface area (Å²) in [7, 11) is 0. The Morgan fingerprint density at radius 3 is 2.53 bits per heavy atom. The summed E-state index contributed by atoms with van der Waals surface area (Å²) >= 11 is 1.54. The number of aromatic nitrogens is 2. The predicted molar refractivity (Wildman–Crippen MR) is 123 cm³/mol. The van der Waals surface area contributed by atoms with Crippen molar-refractivity contribution in [1.29, 1.82) is 0 Å². The quantitative estimate of drug-likeness (QED) is 0.414. The molecule has 0 aliphatic carbocycles. The summed E-state index contributed by atoms with van der Waals surface area (Å²) in [6, 6.07) is 15.9. The van der Waals surface area contributed by atoms with Crippen LogP contribution in [0, 0.1) is 0 Å². The van der Waals surface area contributed by atoms with E-state index in [1.165, 1.54) is 5.56 Å². The second kappa shape index (κ2) is 8.71. The van der Waals surface area contributed by atoms with E-state index in [-0.39, 0.29) is 5.91 Å². The minimum absolute atomic E-state index is 0.0386. The van der Waals surface area contributed by atoms with E-state index in [0.717, 1.165) is 33.3 Å². The van der Waals surface area contributed by atoms with Gasteiger partial charge in [-0.15, -0.1) is 11.3 Å². The average molecular weight is 420 g/mol. The molecule has 0 saturated heterocycles. The molecule has 4 rings (SSSR count). The lowest BCUT2D eigenvalue weighted by atomic mass is 10.0. The van der Waals surface area contributed by atoms with Crippen molar-refractivity contribution in [3.05, 3.63) is 71.4 Å². The number of imidazole rings is 1. The Morgan fingerprint density at radius 2 is 1.87 bits per heavy atom. The fourth-order valence-corrected chi connectivity index (χ4v) is 4.18. The van der Waals surface area contributed by atoms with Crippen LogP contribution in [0.15, 0.2) is 60.1 Å². The number of nitrogens with one attached hydrogen (secondary N) is 1. The van der Waals surface area contributed by atoms with Crippen LogP contribution >= 0.6 is 11.3 Å². The monoisotopic (exact) mass is 419 g/mol. The Kier molecular flexibility index (Phi) is 5.86. The van der Waals surface area contributed by atoms with E-state index in [1.807, 2.05) is 59.3 Å². The highest BCUT2D eigenvalue weighted by Crippen LogP contribution is 2.26. The number of amides is 1. The third-order valence-electron chi connectivity index (χ3n) is 4.95. The zero-order chi connectivity index (χ0) is 21.1. The maximum Gasteiger partial charge on any atom is 0.230 e. The summed E-state index contributed by atoms with van der Waals surface area (Å²) in [6.45, 7) is 6.92. The number of rotatable bonds is 7. The Labute approximate surface area is 180 Å².